The molecule has 32 heavy (non-hydrogen) atoms. The quantitative estimate of drug-likeness (QED) is 0.535. The number of nitrogens with zero attached hydrogens (tertiary/aromatic N) is 2. The van der Waals surface area contributed by atoms with Crippen molar-refractivity contribution in [2.45, 2.75) is 65.8 Å². The third-order valence-corrected chi connectivity index (χ3v) is 5.99. The van der Waals surface area contributed by atoms with E-state index in [4.69, 9.17) is 9.83 Å². The Morgan fingerprint density at radius 3 is 2.25 bits per heavy atom. The summed E-state index contributed by atoms with van der Waals surface area (Å²) < 4.78 is 5.67. The average Bonchev–Trinajstić information content (AvgIpc) is 3.16. The summed E-state index contributed by atoms with van der Waals surface area (Å²) in [6.45, 7) is 14.6. The summed E-state index contributed by atoms with van der Waals surface area (Å²) in [7, 11) is 0. The van der Waals surface area contributed by atoms with Gasteiger partial charge in [-0.1, -0.05) is 41.5 Å². The molecule has 0 spiro atoms. The van der Waals surface area contributed by atoms with E-state index in [2.05, 4.69) is 4.98 Å². The number of hydrogen-bond acceptors (Lipinski definition) is 5. The zero-order chi connectivity index (χ0) is 23.6. The van der Waals surface area contributed by atoms with Gasteiger partial charge in [0.05, 0.1) is 6.54 Å². The molecule has 0 unspecified atom stereocenters. The topological polar surface area (TPSA) is 90.4 Å². The van der Waals surface area contributed by atoms with Gasteiger partial charge in [0, 0.05) is 34.9 Å². The maximum Gasteiger partial charge on any atom is 0.182 e. The molecule has 0 aliphatic carbocycles. The summed E-state index contributed by atoms with van der Waals surface area (Å²) in [6.07, 6.45) is 0. The maximum atomic E-state index is 13.3. The normalized spacial score (nSPS) is 14.3. The molecule has 1 aromatic carbocycles. The monoisotopic (exact) mass is 433 g/mol. The van der Waals surface area contributed by atoms with Crippen molar-refractivity contribution in [3.63, 3.8) is 0 Å². The van der Waals surface area contributed by atoms with Crippen LogP contribution in [0.15, 0.2) is 28.7 Å². The van der Waals surface area contributed by atoms with Crippen LogP contribution in [0.4, 0.5) is 0 Å². The number of carbonyl (C=O) groups is 1. The third-order valence-electron chi connectivity index (χ3n) is 5.99. The van der Waals surface area contributed by atoms with E-state index in [0.717, 1.165) is 28.0 Å². The molecule has 1 aliphatic heterocycles. The van der Waals surface area contributed by atoms with Crippen LogP contribution < -0.4 is 0 Å². The lowest BCUT2D eigenvalue weighted by Crippen LogP contribution is -2.31. The number of hydrogen-bond donors (Lipinski definition) is 2. The minimum absolute atomic E-state index is 0.0769. The molecule has 4 rings (SSSR count). The van der Waals surface area contributed by atoms with Crippen molar-refractivity contribution in [3.05, 3.63) is 58.0 Å². The van der Waals surface area contributed by atoms with Gasteiger partial charge >= 0.3 is 0 Å². The Kier molecular flexibility index (Phi) is 4.96. The van der Waals surface area contributed by atoms with Gasteiger partial charge in [-0.2, -0.15) is 0 Å². The molecular formula is C26H31N3O3. The first-order chi connectivity index (χ1) is 14.8. The van der Waals surface area contributed by atoms with Gasteiger partial charge in [-0.05, 0) is 36.0 Å². The molecule has 0 radical (unpaired) electrons. The molecule has 3 aromatic rings. The Morgan fingerprint density at radius 1 is 1.09 bits per heavy atom. The van der Waals surface area contributed by atoms with Gasteiger partial charge in [0.25, 0.3) is 0 Å². The van der Waals surface area contributed by atoms with Crippen LogP contribution in [0.1, 0.15) is 80.0 Å². The Morgan fingerprint density at radius 2 is 1.69 bits per heavy atom. The van der Waals surface area contributed by atoms with E-state index >= 15 is 0 Å². The first-order valence-corrected chi connectivity index (χ1v) is 10.9. The number of furan rings is 1. The van der Waals surface area contributed by atoms with Crippen LogP contribution in [0.2, 0.25) is 0 Å². The highest BCUT2D eigenvalue weighted by atomic mass is 16.3. The number of carbonyl (C=O) groups excluding carboxylic acids is 1. The fourth-order valence-corrected chi connectivity index (χ4v) is 4.23. The number of Topliss-reactive ketones (excluding diaryl/α,β-unsaturated/α-hetero) is 1. The number of phenols is 1. The van der Waals surface area contributed by atoms with Crippen molar-refractivity contribution >= 4 is 22.7 Å². The lowest BCUT2D eigenvalue weighted by Gasteiger charge is -2.28. The SMILES string of the molecule is Cc1cc2nc3c(cc2o1)CN(CC(=O)c1cc(C(C)(C)C)c(O)c(C(C)(C)C)c1)C3=N. The van der Waals surface area contributed by atoms with Gasteiger partial charge in [0.1, 0.15) is 28.6 Å². The summed E-state index contributed by atoms with van der Waals surface area (Å²) in [5.74, 6) is 1.20. The Balaban J connectivity index is 1.66. The summed E-state index contributed by atoms with van der Waals surface area (Å²) in [6, 6.07) is 7.37. The molecule has 2 aromatic heterocycles. The van der Waals surface area contributed by atoms with Crippen LogP contribution in [0.5, 0.6) is 5.75 Å². The van der Waals surface area contributed by atoms with E-state index in [1.165, 1.54) is 0 Å². The van der Waals surface area contributed by atoms with Gasteiger partial charge < -0.3 is 14.4 Å². The molecule has 0 saturated heterocycles. The number of pyridine rings is 1. The lowest BCUT2D eigenvalue weighted by molar-refractivity contribution is 0.0962. The van der Waals surface area contributed by atoms with Crippen molar-refractivity contribution in [2.75, 3.05) is 6.54 Å². The van der Waals surface area contributed by atoms with Gasteiger partial charge in [-0.25, -0.2) is 4.98 Å². The zero-order valence-corrected chi connectivity index (χ0v) is 19.9. The average molecular weight is 434 g/mol. The second kappa shape index (κ2) is 7.19. The van der Waals surface area contributed by atoms with Gasteiger partial charge in [-0.3, -0.25) is 10.2 Å². The molecule has 6 nitrogen and oxygen atoms in total. The summed E-state index contributed by atoms with van der Waals surface area (Å²) in [4.78, 5) is 19.7. The van der Waals surface area contributed by atoms with Crippen molar-refractivity contribution in [2.24, 2.45) is 0 Å². The Labute approximate surface area is 188 Å². The van der Waals surface area contributed by atoms with Crippen molar-refractivity contribution in [1.82, 2.24) is 9.88 Å². The smallest absolute Gasteiger partial charge is 0.182 e. The maximum absolute atomic E-state index is 13.3. The van der Waals surface area contributed by atoms with Crippen LogP contribution >= 0.6 is 0 Å². The molecule has 3 heterocycles. The molecule has 0 saturated carbocycles. The molecule has 6 heteroatoms. The molecule has 0 amide bonds. The summed E-state index contributed by atoms with van der Waals surface area (Å²) in [5, 5.41) is 19.5. The van der Waals surface area contributed by atoms with Gasteiger partial charge in [0.15, 0.2) is 11.4 Å². The number of rotatable bonds is 3. The number of phenolic OH excluding ortho intramolecular Hbond substituents is 1. The van der Waals surface area contributed by atoms with Gasteiger partial charge in [-0.15, -0.1) is 0 Å². The first kappa shape index (κ1) is 22.1. The van der Waals surface area contributed by atoms with E-state index in [0.29, 0.717) is 23.4 Å². The number of aryl methyl sites for hydroxylation is 1. The predicted molar refractivity (Wildman–Crippen MR) is 126 cm³/mol. The van der Waals surface area contributed by atoms with E-state index in [9.17, 15) is 9.90 Å². The summed E-state index contributed by atoms with van der Waals surface area (Å²) in [5.41, 5.74) is 4.35. The van der Waals surface area contributed by atoms with Crippen molar-refractivity contribution in [3.8, 4) is 5.75 Å². The zero-order valence-electron chi connectivity index (χ0n) is 19.9. The highest BCUT2D eigenvalue weighted by Gasteiger charge is 2.31. The number of amidine groups is 1. The highest BCUT2D eigenvalue weighted by Crippen LogP contribution is 2.40. The fourth-order valence-electron chi connectivity index (χ4n) is 4.23. The van der Waals surface area contributed by atoms with Crippen LogP contribution in [0.25, 0.3) is 11.1 Å². The fraction of sp³-hybridized carbons (Fsp3) is 0.423. The largest absolute Gasteiger partial charge is 0.507 e. The van der Waals surface area contributed by atoms with E-state index < -0.39 is 0 Å². The second-order valence-electron chi connectivity index (χ2n) is 10.8. The Bertz CT molecular complexity index is 1220. The number of aromatic hydroxyl groups is 1. The molecule has 0 fully saturated rings. The number of fused-ring (bicyclic) bond motifs is 2. The van der Waals surface area contributed by atoms with E-state index in [1.807, 2.05) is 60.6 Å². The van der Waals surface area contributed by atoms with E-state index in [1.54, 1.807) is 17.0 Å². The van der Waals surface area contributed by atoms with Crippen LogP contribution in [-0.2, 0) is 17.4 Å². The van der Waals surface area contributed by atoms with Gasteiger partial charge in [0.2, 0.25) is 0 Å². The Hall–Kier alpha value is -3.15. The van der Waals surface area contributed by atoms with Crippen LogP contribution in [0.3, 0.4) is 0 Å². The molecule has 2 N–H and O–H groups in total. The molecule has 168 valence electrons. The lowest BCUT2D eigenvalue weighted by atomic mass is 9.78. The standard InChI is InChI=1S/C26H31N3O3/c1-14-8-19-21(32-14)11-16-12-29(24(27)22(16)28-19)13-20(30)15-9-17(25(2,3)4)23(31)18(10-15)26(5,6)7/h8-11,27,31H,12-13H2,1-7H3. The minimum Gasteiger partial charge on any atom is -0.507 e. The first-order valence-electron chi connectivity index (χ1n) is 10.9. The van der Waals surface area contributed by atoms with E-state index in [-0.39, 0.29) is 34.7 Å². The van der Waals surface area contributed by atoms with Crippen LogP contribution in [0, 0.1) is 12.3 Å². The summed E-state index contributed by atoms with van der Waals surface area (Å²) >= 11 is 0. The van der Waals surface area contributed by atoms with Crippen molar-refractivity contribution in [1.29, 1.82) is 5.41 Å². The molecular weight excluding hydrogens is 402 g/mol. The third kappa shape index (κ3) is 3.78. The second-order valence-corrected chi connectivity index (χ2v) is 10.8. The highest BCUT2D eigenvalue weighted by molar-refractivity contribution is 6.05. The number of aromatic nitrogens is 1. The van der Waals surface area contributed by atoms with Crippen molar-refractivity contribution < 1.29 is 14.3 Å². The number of ketones is 1. The number of nitrogens with one attached hydrogen (secondary N) is 1. The molecule has 1 aliphatic rings. The minimum atomic E-state index is -0.312. The van der Waals surface area contributed by atoms with Crippen LogP contribution in [-0.4, -0.2) is 33.2 Å². The number of benzene rings is 1. The predicted octanol–water partition coefficient (Wildman–Crippen LogP) is 5.46. The molecule has 0 atom stereocenters. The molecule has 0 bridgehead atoms.